The lowest BCUT2D eigenvalue weighted by molar-refractivity contribution is -0.136. The van der Waals surface area contributed by atoms with E-state index in [2.05, 4.69) is 15.6 Å². The molecular weight excluding hydrogens is 354 g/mol. The number of fused-ring (bicyclic) bond motifs is 1. The summed E-state index contributed by atoms with van der Waals surface area (Å²) in [4.78, 5) is 15.9. The van der Waals surface area contributed by atoms with Crippen molar-refractivity contribution in [3.05, 3.63) is 82.1 Å². The van der Waals surface area contributed by atoms with Crippen LogP contribution in [0.4, 0.5) is 5.69 Å². The highest BCUT2D eigenvalue weighted by Crippen LogP contribution is 2.35. The van der Waals surface area contributed by atoms with E-state index in [1.165, 1.54) is 7.11 Å². The van der Waals surface area contributed by atoms with Crippen molar-refractivity contribution in [1.29, 1.82) is 0 Å². The fourth-order valence-corrected chi connectivity index (χ4v) is 3.20. The number of hydrogen-bond acceptors (Lipinski definition) is 5. The lowest BCUT2D eigenvalue weighted by Crippen LogP contribution is -2.24. The molecule has 2 heterocycles. The number of carboxylic acid groups (broad SMARTS) is 1. The second-order valence-corrected chi connectivity index (χ2v) is 6.07. The molecule has 3 rings (SSSR count). The van der Waals surface area contributed by atoms with Crippen LogP contribution in [-0.4, -0.2) is 23.2 Å². The summed E-state index contributed by atoms with van der Waals surface area (Å²) >= 11 is 6.38. The van der Waals surface area contributed by atoms with E-state index >= 15 is 0 Å². The van der Waals surface area contributed by atoms with Crippen molar-refractivity contribution in [2.75, 3.05) is 12.4 Å². The summed E-state index contributed by atoms with van der Waals surface area (Å²) < 4.78 is 4.96. The molecule has 1 unspecified atom stereocenters. The van der Waals surface area contributed by atoms with Gasteiger partial charge >= 0.3 is 5.97 Å². The van der Waals surface area contributed by atoms with Gasteiger partial charge in [-0.2, -0.15) is 0 Å². The summed E-state index contributed by atoms with van der Waals surface area (Å²) in [6.45, 7) is 1.82. The number of benzene rings is 1. The van der Waals surface area contributed by atoms with Crippen molar-refractivity contribution in [3.8, 4) is 0 Å². The maximum Gasteiger partial charge on any atom is 0.372 e. The van der Waals surface area contributed by atoms with Crippen LogP contribution in [0.25, 0.3) is 0 Å². The van der Waals surface area contributed by atoms with Gasteiger partial charge in [-0.05, 0) is 25.1 Å². The number of hydrogen-bond donors (Lipinski definition) is 3. The molecule has 7 heteroatoms. The highest BCUT2D eigenvalue weighted by Gasteiger charge is 2.27. The average molecular weight is 372 g/mol. The molecule has 2 aromatic rings. The molecule has 3 N–H and O–H groups in total. The number of allylic oxidation sites excluding steroid dienone is 2. The van der Waals surface area contributed by atoms with E-state index in [-0.39, 0.29) is 16.8 Å². The number of anilines is 1. The van der Waals surface area contributed by atoms with E-state index in [1.807, 2.05) is 49.4 Å². The number of carbonyl (C=O) groups is 1. The fourth-order valence-electron chi connectivity index (χ4n) is 2.85. The van der Waals surface area contributed by atoms with Crippen LogP contribution in [0, 0.1) is 0 Å². The highest BCUT2D eigenvalue weighted by molar-refractivity contribution is 6.33. The number of halogens is 1. The van der Waals surface area contributed by atoms with Gasteiger partial charge in [0, 0.05) is 23.1 Å². The summed E-state index contributed by atoms with van der Waals surface area (Å²) in [5, 5.41) is 15.9. The van der Waals surface area contributed by atoms with Gasteiger partial charge in [-0.3, -0.25) is 4.98 Å². The quantitative estimate of drug-likeness (QED) is 0.562. The Labute approximate surface area is 156 Å². The predicted molar refractivity (Wildman–Crippen MR) is 99.5 cm³/mol. The molecule has 0 radical (unpaired) electrons. The normalized spacial score (nSPS) is 17.3. The molecule has 0 saturated heterocycles. The monoisotopic (exact) mass is 371 g/mol. The first-order valence-electron chi connectivity index (χ1n) is 7.94. The molecule has 0 fully saturated rings. The maximum atomic E-state index is 11.4. The molecule has 0 amide bonds. The Morgan fingerprint density at radius 3 is 2.62 bits per heavy atom. The Balaban J connectivity index is 2.16. The number of methoxy groups -OCH3 is 1. The molecule has 0 aliphatic carbocycles. The number of nitrogens with zero attached hydrogens (tertiary/aromatic N) is 1. The minimum atomic E-state index is -1.24. The van der Waals surface area contributed by atoms with Gasteiger partial charge in [0.25, 0.3) is 0 Å². The Morgan fingerprint density at radius 2 is 1.96 bits per heavy atom. The minimum Gasteiger partial charge on any atom is -0.489 e. The molecule has 1 atom stereocenters. The van der Waals surface area contributed by atoms with Crippen molar-refractivity contribution >= 4 is 23.3 Å². The molecular formula is C19H18ClN3O3. The van der Waals surface area contributed by atoms with Crippen LogP contribution in [0.1, 0.15) is 24.2 Å². The van der Waals surface area contributed by atoms with Crippen LogP contribution in [0.5, 0.6) is 0 Å². The van der Waals surface area contributed by atoms with Crippen molar-refractivity contribution in [3.63, 3.8) is 0 Å². The molecule has 1 aliphatic heterocycles. The van der Waals surface area contributed by atoms with Gasteiger partial charge in [0.05, 0.1) is 24.5 Å². The van der Waals surface area contributed by atoms with Gasteiger partial charge in [0.15, 0.2) is 0 Å². The van der Waals surface area contributed by atoms with E-state index in [9.17, 15) is 9.90 Å². The number of rotatable bonds is 4. The lowest BCUT2D eigenvalue weighted by atomic mass is 10.0. The van der Waals surface area contributed by atoms with Crippen LogP contribution in [0.15, 0.2) is 70.8 Å². The molecule has 0 bridgehead atoms. The third-order valence-electron chi connectivity index (χ3n) is 4.06. The summed E-state index contributed by atoms with van der Waals surface area (Å²) in [5.41, 5.74) is 3.77. The largest absolute Gasteiger partial charge is 0.489 e. The van der Waals surface area contributed by atoms with Crippen molar-refractivity contribution < 1.29 is 14.6 Å². The summed E-state index contributed by atoms with van der Waals surface area (Å²) in [5.74, 6) is -1.57. The third kappa shape index (κ3) is 3.36. The smallest absolute Gasteiger partial charge is 0.372 e. The summed E-state index contributed by atoms with van der Waals surface area (Å²) in [6.07, 6.45) is 1.71. The molecule has 1 aromatic carbocycles. The third-order valence-corrected chi connectivity index (χ3v) is 4.42. The SMILES string of the molecule is CO/C(C(=O)O)=C(\Cl)C1=C(C)Nc2ccccc2C(c2ccccn2)N1. The van der Waals surface area contributed by atoms with E-state index < -0.39 is 5.97 Å². The number of carboxylic acids is 1. The topological polar surface area (TPSA) is 83.5 Å². The second kappa shape index (κ2) is 7.49. The molecule has 1 aliphatic rings. The number of nitrogens with one attached hydrogen (secondary N) is 2. The molecule has 26 heavy (non-hydrogen) atoms. The molecule has 0 saturated carbocycles. The Bertz CT molecular complexity index is 894. The first kappa shape index (κ1) is 17.8. The zero-order valence-electron chi connectivity index (χ0n) is 14.3. The van der Waals surface area contributed by atoms with E-state index in [1.54, 1.807) is 6.20 Å². The standard InChI is InChI=1S/C19H18ClN3O3/c1-11-16(15(20)18(26-2)19(24)25)23-17(14-9-5-6-10-21-14)12-7-3-4-8-13(12)22-11/h3-10,17,22-23H,1-2H3,(H,24,25)/b18-15-. The van der Waals surface area contributed by atoms with Gasteiger partial charge in [0.1, 0.15) is 5.03 Å². The van der Waals surface area contributed by atoms with Crippen LogP contribution >= 0.6 is 11.6 Å². The first-order chi connectivity index (χ1) is 12.5. The minimum absolute atomic E-state index is 0.0151. The summed E-state index contributed by atoms with van der Waals surface area (Å²) in [7, 11) is 1.27. The van der Waals surface area contributed by atoms with Crippen molar-refractivity contribution in [2.45, 2.75) is 13.0 Å². The fraction of sp³-hybridized carbons (Fsp3) is 0.158. The molecule has 0 spiro atoms. The maximum absolute atomic E-state index is 11.4. The highest BCUT2D eigenvalue weighted by atomic mass is 35.5. The van der Waals surface area contributed by atoms with Crippen molar-refractivity contribution in [1.82, 2.24) is 10.3 Å². The Morgan fingerprint density at radius 1 is 1.23 bits per heavy atom. The molecule has 6 nitrogen and oxygen atoms in total. The average Bonchev–Trinajstić information content (AvgIpc) is 2.78. The van der Waals surface area contributed by atoms with Crippen LogP contribution in [0.2, 0.25) is 0 Å². The summed E-state index contributed by atoms with van der Waals surface area (Å²) in [6, 6.07) is 13.1. The zero-order valence-corrected chi connectivity index (χ0v) is 15.0. The van der Waals surface area contributed by atoms with Crippen molar-refractivity contribution in [2.24, 2.45) is 0 Å². The van der Waals surface area contributed by atoms with Crippen LogP contribution < -0.4 is 10.6 Å². The van der Waals surface area contributed by atoms with Gasteiger partial charge in [-0.25, -0.2) is 4.79 Å². The van der Waals surface area contributed by atoms with Crippen LogP contribution in [0.3, 0.4) is 0 Å². The first-order valence-corrected chi connectivity index (χ1v) is 8.32. The molecule has 134 valence electrons. The number of aliphatic carboxylic acids is 1. The number of aromatic nitrogens is 1. The number of ether oxygens (including phenoxy) is 1. The van der Waals surface area contributed by atoms with Gasteiger partial charge in [0.2, 0.25) is 5.76 Å². The predicted octanol–water partition coefficient (Wildman–Crippen LogP) is 3.60. The van der Waals surface area contributed by atoms with E-state index in [0.29, 0.717) is 11.4 Å². The zero-order chi connectivity index (χ0) is 18.7. The number of pyridine rings is 1. The van der Waals surface area contributed by atoms with E-state index in [4.69, 9.17) is 16.3 Å². The lowest BCUT2D eigenvalue weighted by Gasteiger charge is -2.21. The Kier molecular flexibility index (Phi) is 5.14. The van der Waals surface area contributed by atoms with E-state index in [0.717, 1.165) is 16.9 Å². The number of para-hydroxylation sites is 1. The molecule has 1 aromatic heterocycles. The second-order valence-electron chi connectivity index (χ2n) is 5.70. The van der Waals surface area contributed by atoms with Gasteiger partial charge in [-0.1, -0.05) is 35.9 Å². The van der Waals surface area contributed by atoms with Gasteiger partial charge < -0.3 is 20.5 Å². The van der Waals surface area contributed by atoms with Crippen LogP contribution in [-0.2, 0) is 9.53 Å². The van der Waals surface area contributed by atoms with Gasteiger partial charge in [-0.15, -0.1) is 0 Å². The Hall–Kier alpha value is -2.99.